The van der Waals surface area contributed by atoms with Crippen molar-refractivity contribution in [2.24, 2.45) is 0 Å². The van der Waals surface area contributed by atoms with Crippen molar-refractivity contribution in [2.75, 3.05) is 0 Å². The van der Waals surface area contributed by atoms with E-state index in [0.717, 1.165) is 0 Å². The van der Waals surface area contributed by atoms with E-state index in [-0.39, 0.29) is 24.5 Å². The molecule has 5 nitrogen and oxygen atoms in total. The molecule has 0 bridgehead atoms. The molecule has 0 aliphatic carbocycles. The van der Waals surface area contributed by atoms with Crippen LogP contribution in [0.1, 0.15) is 12.8 Å². The highest BCUT2D eigenvalue weighted by molar-refractivity contribution is 6.40. The van der Waals surface area contributed by atoms with Crippen LogP contribution in [0.5, 0.6) is 0 Å². The Labute approximate surface area is 56.6 Å². The summed E-state index contributed by atoms with van der Waals surface area (Å²) in [6.45, 7) is 0. The Morgan fingerprint density at radius 3 is 2.60 bits per heavy atom. The van der Waals surface area contributed by atoms with E-state index in [9.17, 15) is 9.59 Å². The predicted octanol–water partition coefficient (Wildman–Crippen LogP) is -0.906. The second-order valence-corrected chi connectivity index (χ2v) is 1.92. The second kappa shape index (κ2) is 2.41. The molecule has 1 rings (SSSR count). The van der Waals surface area contributed by atoms with Gasteiger partial charge in [0.05, 0.1) is 6.42 Å². The fourth-order valence-corrected chi connectivity index (χ4v) is 0.702. The maximum absolute atomic E-state index is 10.6. The van der Waals surface area contributed by atoms with Gasteiger partial charge < -0.3 is 5.53 Å². The first-order chi connectivity index (χ1) is 4.74. The Balaban J connectivity index is 2.79. The number of imide groups is 1. The molecule has 2 amide bonds. The normalized spacial score (nSPS) is 18.2. The Bertz CT molecular complexity index is 239. The van der Waals surface area contributed by atoms with E-state index in [1.807, 2.05) is 5.32 Å². The van der Waals surface area contributed by atoms with Gasteiger partial charge in [-0.3, -0.25) is 14.9 Å². The lowest BCUT2D eigenvalue weighted by Crippen LogP contribution is -2.41. The fourth-order valence-electron chi connectivity index (χ4n) is 0.702. The van der Waals surface area contributed by atoms with Gasteiger partial charge in [-0.1, -0.05) is 0 Å². The third-order valence-electron chi connectivity index (χ3n) is 1.22. The van der Waals surface area contributed by atoms with Gasteiger partial charge in [0.15, 0.2) is 0 Å². The lowest BCUT2D eigenvalue weighted by Gasteiger charge is -2.04. The number of hydrogen-bond donors (Lipinski definition) is 1. The third-order valence-corrected chi connectivity index (χ3v) is 1.22. The van der Waals surface area contributed by atoms with Gasteiger partial charge in [0.1, 0.15) is 0 Å². The molecule has 0 aromatic carbocycles. The van der Waals surface area contributed by atoms with Crippen LogP contribution < -0.4 is 5.32 Å². The van der Waals surface area contributed by atoms with Crippen LogP contribution in [0, 0.1) is 0 Å². The van der Waals surface area contributed by atoms with Crippen LogP contribution in [0.4, 0.5) is 0 Å². The molecule has 0 atom stereocenters. The number of piperidine rings is 1. The first-order valence-corrected chi connectivity index (χ1v) is 2.79. The predicted molar refractivity (Wildman–Crippen MR) is 31.0 cm³/mol. The molecule has 5 heteroatoms. The highest BCUT2D eigenvalue weighted by atomic mass is 16.2. The van der Waals surface area contributed by atoms with Crippen molar-refractivity contribution >= 4 is 17.5 Å². The molecule has 0 saturated carbocycles. The summed E-state index contributed by atoms with van der Waals surface area (Å²) in [5, 5.41) is 2.01. The number of nitrogens with one attached hydrogen (secondary N) is 1. The minimum atomic E-state index is -0.598. The highest BCUT2D eigenvalue weighted by Crippen LogP contribution is 1.97. The zero-order chi connectivity index (χ0) is 7.56. The molecule has 52 valence electrons. The van der Waals surface area contributed by atoms with Gasteiger partial charge in [-0.25, -0.2) is 0 Å². The van der Waals surface area contributed by atoms with E-state index in [2.05, 4.69) is 4.79 Å². The van der Waals surface area contributed by atoms with E-state index >= 15 is 0 Å². The van der Waals surface area contributed by atoms with Gasteiger partial charge in [-0.05, 0) is 0 Å². The number of carbonyl (C=O) groups is 2. The molecule has 0 radical (unpaired) electrons. The summed E-state index contributed by atoms with van der Waals surface area (Å²) < 4.78 is 0. The van der Waals surface area contributed by atoms with Gasteiger partial charge in [0.25, 0.3) is 0 Å². The lowest BCUT2D eigenvalue weighted by atomic mass is 10.1. The molecule has 10 heavy (non-hydrogen) atoms. The summed E-state index contributed by atoms with van der Waals surface area (Å²) >= 11 is 0. The molecule has 1 heterocycles. The van der Waals surface area contributed by atoms with Crippen molar-refractivity contribution in [3.05, 3.63) is 5.53 Å². The van der Waals surface area contributed by atoms with Crippen molar-refractivity contribution in [2.45, 2.75) is 12.8 Å². The first kappa shape index (κ1) is 6.64. The van der Waals surface area contributed by atoms with Crippen molar-refractivity contribution in [1.29, 1.82) is 0 Å². The molecular weight excluding hydrogens is 134 g/mol. The van der Waals surface area contributed by atoms with Gasteiger partial charge in [-0.15, -0.1) is 0 Å². The van der Waals surface area contributed by atoms with Crippen LogP contribution in [0.15, 0.2) is 0 Å². The van der Waals surface area contributed by atoms with Gasteiger partial charge in [-0.2, -0.15) is 4.79 Å². The maximum Gasteiger partial charge on any atom is 0.356 e. The van der Waals surface area contributed by atoms with Crippen LogP contribution >= 0.6 is 0 Å². The molecule has 0 aromatic rings. The summed E-state index contributed by atoms with van der Waals surface area (Å²) in [6.07, 6.45) is 0.437. The molecule has 1 fully saturated rings. The third kappa shape index (κ3) is 1.09. The zero-order valence-corrected chi connectivity index (χ0v) is 5.13. The first-order valence-electron chi connectivity index (χ1n) is 2.79. The minimum Gasteiger partial charge on any atom is -0.361 e. The number of rotatable bonds is 0. The average molecular weight is 139 g/mol. The number of carbonyl (C=O) groups excluding carboxylic acids is 2. The Hall–Kier alpha value is -1.48. The van der Waals surface area contributed by atoms with Gasteiger partial charge in [0.2, 0.25) is 5.91 Å². The van der Waals surface area contributed by atoms with Crippen molar-refractivity contribution in [3.8, 4) is 0 Å². The number of nitrogens with zero attached hydrogens (tertiary/aromatic N) is 2. The smallest absolute Gasteiger partial charge is 0.356 e. The van der Waals surface area contributed by atoms with Crippen molar-refractivity contribution in [3.63, 3.8) is 0 Å². The average Bonchev–Trinajstić information content (AvgIpc) is 1.88. The molecule has 0 spiro atoms. The Kier molecular flexibility index (Phi) is 1.60. The van der Waals surface area contributed by atoms with E-state index in [1.54, 1.807) is 0 Å². The minimum absolute atomic E-state index is 0.0135. The van der Waals surface area contributed by atoms with Gasteiger partial charge in [0, 0.05) is 6.42 Å². The molecular formula is C5H5N3O2. The second-order valence-electron chi connectivity index (χ2n) is 1.92. The van der Waals surface area contributed by atoms with Crippen LogP contribution in [-0.4, -0.2) is 22.3 Å². The maximum atomic E-state index is 10.6. The quantitative estimate of drug-likeness (QED) is 0.268. The van der Waals surface area contributed by atoms with Crippen molar-refractivity contribution in [1.82, 2.24) is 5.32 Å². The molecule has 1 aliphatic rings. The SMILES string of the molecule is [N-]=[N+]=C1CCC(=O)NC1=O. The summed E-state index contributed by atoms with van der Waals surface area (Å²) in [5.41, 5.74) is 8.18. The molecule has 0 unspecified atom stereocenters. The summed E-state index contributed by atoms with van der Waals surface area (Å²) in [4.78, 5) is 23.8. The Morgan fingerprint density at radius 2 is 2.10 bits per heavy atom. The van der Waals surface area contributed by atoms with Crippen molar-refractivity contribution < 1.29 is 14.4 Å². The number of amides is 2. The Morgan fingerprint density at radius 1 is 1.40 bits per heavy atom. The van der Waals surface area contributed by atoms with Crippen LogP contribution in [0.3, 0.4) is 0 Å². The van der Waals surface area contributed by atoms with Crippen LogP contribution in [0.25, 0.3) is 5.53 Å². The molecule has 0 aromatic heterocycles. The van der Waals surface area contributed by atoms with E-state index in [1.165, 1.54) is 0 Å². The van der Waals surface area contributed by atoms with Crippen LogP contribution in [-0.2, 0) is 9.59 Å². The van der Waals surface area contributed by atoms with Gasteiger partial charge >= 0.3 is 11.6 Å². The van der Waals surface area contributed by atoms with E-state index in [4.69, 9.17) is 5.53 Å². The van der Waals surface area contributed by atoms with E-state index in [0.29, 0.717) is 0 Å². The van der Waals surface area contributed by atoms with E-state index < -0.39 is 5.91 Å². The molecule has 1 N–H and O–H groups in total. The van der Waals surface area contributed by atoms with Crippen LogP contribution in [0.2, 0.25) is 0 Å². The molecule has 1 aliphatic heterocycles. The number of hydrogen-bond acceptors (Lipinski definition) is 2. The standard InChI is InChI=1S/C5H5N3O2/c6-8-3-1-2-4(9)7-5(3)10/h1-2H2,(H,7,9,10). The lowest BCUT2D eigenvalue weighted by molar-refractivity contribution is -0.131. The molecule has 1 saturated heterocycles. The highest BCUT2D eigenvalue weighted by Gasteiger charge is 2.28. The largest absolute Gasteiger partial charge is 0.361 e. The fraction of sp³-hybridized carbons (Fsp3) is 0.400. The zero-order valence-electron chi connectivity index (χ0n) is 5.13. The topological polar surface area (TPSA) is 82.6 Å². The summed E-state index contributed by atoms with van der Waals surface area (Å²) in [7, 11) is 0. The summed E-state index contributed by atoms with van der Waals surface area (Å²) in [5.74, 6) is -0.920. The monoisotopic (exact) mass is 139 g/mol. The summed E-state index contributed by atoms with van der Waals surface area (Å²) in [6, 6.07) is 0.